The van der Waals surface area contributed by atoms with Gasteiger partial charge in [-0.3, -0.25) is 9.69 Å². The van der Waals surface area contributed by atoms with Crippen molar-refractivity contribution in [2.75, 3.05) is 11.5 Å². The molecule has 148 valence electrons. The fourth-order valence-corrected chi connectivity index (χ4v) is 7.34. The number of thiophene rings is 1. The van der Waals surface area contributed by atoms with Crippen molar-refractivity contribution in [3.8, 4) is 0 Å². The summed E-state index contributed by atoms with van der Waals surface area (Å²) >= 11 is 1.62. The van der Waals surface area contributed by atoms with E-state index in [0.717, 1.165) is 40.8 Å². The van der Waals surface area contributed by atoms with Crippen LogP contribution in [0.3, 0.4) is 0 Å². The van der Waals surface area contributed by atoms with E-state index in [0.29, 0.717) is 25.3 Å². The van der Waals surface area contributed by atoms with Crippen LogP contribution >= 0.6 is 11.3 Å². The highest BCUT2D eigenvalue weighted by molar-refractivity contribution is 7.91. The highest BCUT2D eigenvalue weighted by atomic mass is 32.2. The van der Waals surface area contributed by atoms with Gasteiger partial charge in [0.05, 0.1) is 36.2 Å². The van der Waals surface area contributed by atoms with E-state index >= 15 is 0 Å². The van der Waals surface area contributed by atoms with Gasteiger partial charge in [0.15, 0.2) is 9.84 Å². The Bertz CT molecular complexity index is 1180. The van der Waals surface area contributed by atoms with E-state index in [-0.39, 0.29) is 23.1 Å². The molecule has 2 aliphatic rings. The number of aromatic nitrogens is 2. The van der Waals surface area contributed by atoms with Crippen molar-refractivity contribution < 1.29 is 12.8 Å². The molecule has 1 atom stereocenters. The minimum atomic E-state index is -3.02. The first-order valence-corrected chi connectivity index (χ1v) is 12.1. The molecule has 5 rings (SSSR count). The predicted molar refractivity (Wildman–Crippen MR) is 107 cm³/mol. The number of aromatic amines is 1. The molecule has 0 bridgehead atoms. The molecule has 0 saturated carbocycles. The van der Waals surface area contributed by atoms with Crippen molar-refractivity contribution in [3.05, 3.63) is 50.8 Å². The lowest BCUT2D eigenvalue weighted by Crippen LogP contribution is -2.36. The van der Waals surface area contributed by atoms with E-state index in [2.05, 4.69) is 9.88 Å². The second-order valence-electron chi connectivity index (χ2n) is 7.59. The SMILES string of the molecule is O=c1[nH]c(CN(Cc2ccco2)[C@H]2CCS(=O)(=O)C2)nc2sc3c(c12)CCC3. The summed E-state index contributed by atoms with van der Waals surface area (Å²) in [5.41, 5.74) is 1.08. The van der Waals surface area contributed by atoms with Crippen LogP contribution in [0.2, 0.25) is 0 Å². The third kappa shape index (κ3) is 3.31. The van der Waals surface area contributed by atoms with Gasteiger partial charge in [-0.15, -0.1) is 11.3 Å². The Morgan fingerprint density at radius 1 is 1.32 bits per heavy atom. The van der Waals surface area contributed by atoms with Crippen molar-refractivity contribution in [2.24, 2.45) is 0 Å². The standard InChI is InChI=1S/C19H21N3O4S2/c23-18-17-14-4-1-5-15(14)27-19(17)21-16(20-18)10-22(9-13-3-2-7-26-13)12-6-8-28(24,25)11-12/h2-3,7,12H,1,4-6,8-11H2,(H,20,21,23)/t12-/m0/s1. The van der Waals surface area contributed by atoms with Crippen molar-refractivity contribution >= 4 is 31.4 Å². The van der Waals surface area contributed by atoms with Gasteiger partial charge < -0.3 is 9.40 Å². The van der Waals surface area contributed by atoms with Crippen LogP contribution in [0.5, 0.6) is 0 Å². The number of nitrogens with zero attached hydrogens (tertiary/aromatic N) is 2. The third-order valence-corrected chi connectivity index (χ3v) is 8.58. The largest absolute Gasteiger partial charge is 0.468 e. The second kappa shape index (κ2) is 6.82. The fourth-order valence-electron chi connectivity index (χ4n) is 4.29. The zero-order chi connectivity index (χ0) is 19.3. The first-order chi connectivity index (χ1) is 13.5. The predicted octanol–water partition coefficient (Wildman–Crippen LogP) is 2.26. The van der Waals surface area contributed by atoms with Gasteiger partial charge >= 0.3 is 0 Å². The van der Waals surface area contributed by atoms with Gasteiger partial charge in [-0.1, -0.05) is 0 Å². The minimum absolute atomic E-state index is 0.0867. The summed E-state index contributed by atoms with van der Waals surface area (Å²) in [6, 6.07) is 3.59. The highest BCUT2D eigenvalue weighted by Crippen LogP contribution is 2.34. The summed E-state index contributed by atoms with van der Waals surface area (Å²) in [7, 11) is -3.02. The Morgan fingerprint density at radius 3 is 2.96 bits per heavy atom. The van der Waals surface area contributed by atoms with Gasteiger partial charge in [-0.2, -0.15) is 0 Å². The highest BCUT2D eigenvalue weighted by Gasteiger charge is 2.33. The monoisotopic (exact) mass is 419 g/mol. The molecular formula is C19H21N3O4S2. The molecule has 0 unspecified atom stereocenters. The Morgan fingerprint density at radius 2 is 2.21 bits per heavy atom. The van der Waals surface area contributed by atoms with E-state index in [1.54, 1.807) is 17.6 Å². The van der Waals surface area contributed by atoms with E-state index < -0.39 is 9.84 Å². The topological polar surface area (TPSA) is 96.3 Å². The first kappa shape index (κ1) is 18.1. The van der Waals surface area contributed by atoms with Gasteiger partial charge in [0.25, 0.3) is 5.56 Å². The lowest BCUT2D eigenvalue weighted by Gasteiger charge is -2.26. The van der Waals surface area contributed by atoms with E-state index in [9.17, 15) is 13.2 Å². The number of sulfone groups is 1. The second-order valence-corrected chi connectivity index (χ2v) is 10.9. The molecule has 1 fully saturated rings. The molecule has 7 nitrogen and oxygen atoms in total. The van der Waals surface area contributed by atoms with E-state index in [1.807, 2.05) is 12.1 Å². The molecule has 0 spiro atoms. The number of H-pyrrole nitrogens is 1. The number of aryl methyl sites for hydroxylation is 2. The molecular weight excluding hydrogens is 398 g/mol. The molecule has 9 heteroatoms. The molecule has 1 aliphatic heterocycles. The van der Waals surface area contributed by atoms with Crippen LogP contribution in [0, 0.1) is 0 Å². The van der Waals surface area contributed by atoms with E-state index in [4.69, 9.17) is 9.40 Å². The summed E-state index contributed by atoms with van der Waals surface area (Å²) < 4.78 is 29.4. The van der Waals surface area contributed by atoms with Gasteiger partial charge in [-0.05, 0) is 43.4 Å². The van der Waals surface area contributed by atoms with Crippen molar-refractivity contribution in [3.63, 3.8) is 0 Å². The minimum Gasteiger partial charge on any atom is -0.468 e. The van der Waals surface area contributed by atoms with Gasteiger partial charge in [0.2, 0.25) is 0 Å². The van der Waals surface area contributed by atoms with Crippen molar-refractivity contribution in [2.45, 2.75) is 44.8 Å². The van der Waals surface area contributed by atoms with Crippen molar-refractivity contribution in [1.82, 2.24) is 14.9 Å². The number of hydrogen-bond acceptors (Lipinski definition) is 7. The van der Waals surface area contributed by atoms with E-state index in [1.165, 1.54) is 4.88 Å². The summed E-state index contributed by atoms with van der Waals surface area (Å²) in [5.74, 6) is 1.68. The number of hydrogen-bond donors (Lipinski definition) is 1. The molecule has 0 radical (unpaired) electrons. The van der Waals surface area contributed by atoms with Crippen LogP contribution in [-0.4, -0.2) is 40.8 Å². The van der Waals surface area contributed by atoms with Gasteiger partial charge in [0.1, 0.15) is 16.4 Å². The maximum atomic E-state index is 12.7. The first-order valence-electron chi connectivity index (χ1n) is 9.49. The number of furan rings is 1. The molecule has 28 heavy (non-hydrogen) atoms. The Hall–Kier alpha value is -1.97. The lowest BCUT2D eigenvalue weighted by molar-refractivity contribution is 0.175. The van der Waals surface area contributed by atoms with Gasteiger partial charge in [0, 0.05) is 10.9 Å². The molecule has 0 aromatic carbocycles. The number of rotatable bonds is 5. The maximum absolute atomic E-state index is 12.7. The molecule has 1 aliphatic carbocycles. The molecule has 3 aromatic rings. The summed E-state index contributed by atoms with van der Waals surface area (Å²) in [5, 5.41) is 0.738. The van der Waals surface area contributed by atoms with Gasteiger partial charge in [-0.25, -0.2) is 13.4 Å². The molecule has 4 heterocycles. The smallest absolute Gasteiger partial charge is 0.259 e. The normalized spacial score (nSPS) is 21.0. The third-order valence-electron chi connectivity index (χ3n) is 5.64. The van der Waals surface area contributed by atoms with Crippen LogP contribution in [0.25, 0.3) is 10.2 Å². The summed E-state index contributed by atoms with van der Waals surface area (Å²) in [6.07, 6.45) is 5.27. The van der Waals surface area contributed by atoms with Crippen LogP contribution in [0.1, 0.15) is 34.9 Å². The average Bonchev–Trinajstić information content (AvgIpc) is 3.38. The summed E-state index contributed by atoms with van der Waals surface area (Å²) in [6.45, 7) is 0.866. The maximum Gasteiger partial charge on any atom is 0.259 e. The molecule has 1 N–H and O–H groups in total. The zero-order valence-corrected chi connectivity index (χ0v) is 16.9. The molecule has 3 aromatic heterocycles. The van der Waals surface area contributed by atoms with Crippen LogP contribution in [0.15, 0.2) is 27.6 Å². The van der Waals surface area contributed by atoms with Crippen LogP contribution < -0.4 is 5.56 Å². The molecule has 0 amide bonds. The van der Waals surface area contributed by atoms with Crippen LogP contribution in [0.4, 0.5) is 0 Å². The summed E-state index contributed by atoms with van der Waals surface area (Å²) in [4.78, 5) is 24.5. The Labute approximate surface area is 166 Å². The quantitative estimate of drug-likeness (QED) is 0.681. The van der Waals surface area contributed by atoms with Crippen molar-refractivity contribution in [1.29, 1.82) is 0 Å². The van der Waals surface area contributed by atoms with Crippen LogP contribution in [-0.2, 0) is 35.8 Å². The number of nitrogens with one attached hydrogen (secondary N) is 1. The average molecular weight is 420 g/mol. The Balaban J connectivity index is 1.47. The molecule has 1 saturated heterocycles. The zero-order valence-electron chi connectivity index (χ0n) is 15.3. The fraction of sp³-hybridized carbons (Fsp3) is 0.474. The number of fused-ring (bicyclic) bond motifs is 3. The lowest BCUT2D eigenvalue weighted by atomic mass is 10.2. The Kier molecular flexibility index (Phi) is 4.41.